The second-order valence-electron chi connectivity index (χ2n) is 7.58. The molecule has 0 bridgehead atoms. The van der Waals surface area contributed by atoms with Gasteiger partial charge in [-0.2, -0.15) is 5.10 Å². The van der Waals surface area contributed by atoms with Crippen molar-refractivity contribution in [2.75, 3.05) is 13.1 Å². The van der Waals surface area contributed by atoms with Crippen molar-refractivity contribution >= 4 is 34.3 Å². The second-order valence-corrected chi connectivity index (χ2v) is 7.96. The van der Waals surface area contributed by atoms with Crippen molar-refractivity contribution in [3.05, 3.63) is 64.8 Å². The minimum Gasteiger partial charge on any atom is -0.335 e. The molecule has 2 aliphatic rings. The predicted molar refractivity (Wildman–Crippen MR) is 112 cm³/mol. The van der Waals surface area contributed by atoms with Gasteiger partial charge >= 0.3 is 0 Å². The molecule has 146 valence electrons. The van der Waals surface area contributed by atoms with E-state index in [0.717, 1.165) is 33.2 Å². The van der Waals surface area contributed by atoms with Crippen LogP contribution in [0.2, 0.25) is 5.02 Å². The first-order valence-electron chi connectivity index (χ1n) is 9.46. The van der Waals surface area contributed by atoms with Crippen molar-refractivity contribution in [3.8, 4) is 11.1 Å². The summed E-state index contributed by atoms with van der Waals surface area (Å²) in [5, 5.41) is 8.59. The number of H-pyrrole nitrogens is 1. The SMILES string of the molecule is C=CC(=O)N1CC(N2Cc3ccc(-c4c(C)ccc5[nH]ncc45)c(Cl)c3C2=O)C1. The van der Waals surface area contributed by atoms with Gasteiger partial charge in [0, 0.05) is 30.6 Å². The van der Waals surface area contributed by atoms with Gasteiger partial charge in [0.1, 0.15) is 0 Å². The van der Waals surface area contributed by atoms with Crippen molar-refractivity contribution in [1.29, 1.82) is 0 Å². The van der Waals surface area contributed by atoms with E-state index in [9.17, 15) is 9.59 Å². The second kappa shape index (κ2) is 6.46. The number of halogens is 1. The van der Waals surface area contributed by atoms with E-state index in [1.54, 1.807) is 11.1 Å². The molecule has 29 heavy (non-hydrogen) atoms. The number of aromatic amines is 1. The fourth-order valence-electron chi connectivity index (χ4n) is 4.31. The molecule has 0 aliphatic carbocycles. The van der Waals surface area contributed by atoms with E-state index in [0.29, 0.717) is 30.2 Å². The summed E-state index contributed by atoms with van der Waals surface area (Å²) in [5.74, 6) is -0.172. The van der Waals surface area contributed by atoms with Gasteiger partial charge < -0.3 is 9.80 Å². The number of nitrogens with zero attached hydrogens (tertiary/aromatic N) is 3. The number of likely N-dealkylation sites (tertiary alicyclic amines) is 1. The molecule has 3 heterocycles. The summed E-state index contributed by atoms with van der Waals surface area (Å²) in [6, 6.07) is 7.99. The zero-order valence-electron chi connectivity index (χ0n) is 15.9. The maximum Gasteiger partial charge on any atom is 0.256 e. The molecule has 1 fully saturated rings. The van der Waals surface area contributed by atoms with Gasteiger partial charge in [0.2, 0.25) is 5.91 Å². The monoisotopic (exact) mass is 406 g/mol. The molecule has 2 aromatic carbocycles. The molecule has 0 saturated carbocycles. The van der Waals surface area contributed by atoms with E-state index in [4.69, 9.17) is 11.6 Å². The van der Waals surface area contributed by atoms with Crippen LogP contribution in [0.15, 0.2) is 43.1 Å². The minimum absolute atomic E-state index is 0.0114. The van der Waals surface area contributed by atoms with Crippen LogP contribution in [-0.4, -0.2) is 50.9 Å². The first-order valence-corrected chi connectivity index (χ1v) is 9.84. The Morgan fingerprint density at radius 3 is 2.83 bits per heavy atom. The fourth-order valence-corrected chi connectivity index (χ4v) is 4.67. The van der Waals surface area contributed by atoms with Gasteiger partial charge in [-0.05, 0) is 35.8 Å². The van der Waals surface area contributed by atoms with E-state index >= 15 is 0 Å². The number of rotatable bonds is 3. The summed E-state index contributed by atoms with van der Waals surface area (Å²) in [7, 11) is 0. The number of aryl methyl sites for hydroxylation is 1. The summed E-state index contributed by atoms with van der Waals surface area (Å²) < 4.78 is 0. The topological polar surface area (TPSA) is 69.3 Å². The highest BCUT2D eigenvalue weighted by Gasteiger charge is 2.41. The van der Waals surface area contributed by atoms with Crippen LogP contribution in [0.4, 0.5) is 0 Å². The highest BCUT2D eigenvalue weighted by Crippen LogP contribution is 2.41. The third kappa shape index (κ3) is 2.59. The molecule has 0 atom stereocenters. The molecular weight excluding hydrogens is 388 g/mol. The molecule has 1 N–H and O–H groups in total. The van der Waals surface area contributed by atoms with E-state index in [-0.39, 0.29) is 17.9 Å². The lowest BCUT2D eigenvalue weighted by Crippen LogP contribution is -2.60. The van der Waals surface area contributed by atoms with E-state index in [2.05, 4.69) is 16.8 Å². The van der Waals surface area contributed by atoms with Gasteiger partial charge in [0.15, 0.2) is 0 Å². The average Bonchev–Trinajstić information content (AvgIpc) is 3.27. The smallest absolute Gasteiger partial charge is 0.256 e. The number of benzene rings is 2. The molecular formula is C22H19ClN4O2. The van der Waals surface area contributed by atoms with Gasteiger partial charge in [-0.25, -0.2) is 0 Å². The summed E-state index contributed by atoms with van der Waals surface area (Å²) in [5.41, 5.74) is 5.31. The lowest BCUT2D eigenvalue weighted by molar-refractivity contribution is -0.132. The van der Waals surface area contributed by atoms with Crippen molar-refractivity contribution < 1.29 is 9.59 Å². The Hall–Kier alpha value is -3.12. The summed E-state index contributed by atoms with van der Waals surface area (Å²) >= 11 is 6.80. The molecule has 0 radical (unpaired) electrons. The molecule has 6 nitrogen and oxygen atoms in total. The summed E-state index contributed by atoms with van der Waals surface area (Å²) in [4.78, 5) is 28.4. The summed E-state index contributed by atoms with van der Waals surface area (Å²) in [6.07, 6.45) is 3.09. The van der Waals surface area contributed by atoms with Gasteiger partial charge in [0.05, 0.1) is 28.3 Å². The van der Waals surface area contributed by atoms with Crippen LogP contribution in [0, 0.1) is 6.92 Å². The number of fused-ring (bicyclic) bond motifs is 2. The Bertz CT molecular complexity index is 1190. The quantitative estimate of drug-likeness (QED) is 0.676. The van der Waals surface area contributed by atoms with Crippen LogP contribution < -0.4 is 0 Å². The van der Waals surface area contributed by atoms with Crippen LogP contribution >= 0.6 is 11.6 Å². The molecule has 7 heteroatoms. The van der Waals surface area contributed by atoms with Crippen molar-refractivity contribution in [3.63, 3.8) is 0 Å². The lowest BCUT2D eigenvalue weighted by Gasteiger charge is -2.43. The van der Waals surface area contributed by atoms with E-state index < -0.39 is 0 Å². The maximum absolute atomic E-state index is 13.2. The maximum atomic E-state index is 13.2. The number of carbonyl (C=O) groups excluding carboxylic acids is 2. The van der Waals surface area contributed by atoms with Crippen molar-refractivity contribution in [1.82, 2.24) is 20.0 Å². The lowest BCUT2D eigenvalue weighted by atomic mass is 9.94. The molecule has 3 aromatic rings. The zero-order valence-corrected chi connectivity index (χ0v) is 16.7. The molecule has 1 aromatic heterocycles. The molecule has 2 aliphatic heterocycles. The average molecular weight is 407 g/mol. The van der Waals surface area contributed by atoms with Gasteiger partial charge in [-0.3, -0.25) is 14.7 Å². The predicted octanol–water partition coefficient (Wildman–Crippen LogP) is 3.54. The largest absolute Gasteiger partial charge is 0.335 e. The highest BCUT2D eigenvalue weighted by molar-refractivity contribution is 6.37. The number of aromatic nitrogens is 2. The molecule has 0 spiro atoms. The number of nitrogens with one attached hydrogen (secondary N) is 1. The molecule has 5 rings (SSSR count). The van der Waals surface area contributed by atoms with Crippen LogP contribution in [-0.2, 0) is 11.3 Å². The third-order valence-electron chi connectivity index (χ3n) is 5.93. The zero-order chi connectivity index (χ0) is 20.3. The minimum atomic E-state index is -0.102. The number of hydrogen-bond donors (Lipinski definition) is 1. The Morgan fingerprint density at radius 1 is 1.28 bits per heavy atom. The third-order valence-corrected chi connectivity index (χ3v) is 6.33. The highest BCUT2D eigenvalue weighted by atomic mass is 35.5. The Morgan fingerprint density at radius 2 is 2.07 bits per heavy atom. The van der Waals surface area contributed by atoms with Gasteiger partial charge in [-0.1, -0.05) is 36.4 Å². The van der Waals surface area contributed by atoms with E-state index in [1.165, 1.54) is 6.08 Å². The van der Waals surface area contributed by atoms with Crippen LogP contribution in [0.25, 0.3) is 22.0 Å². The number of amides is 2. The molecule has 2 amide bonds. The Labute approximate surface area is 172 Å². The molecule has 1 saturated heterocycles. The standard InChI is InChI=1S/C22H19ClN4O2/c1-3-18(28)26-10-14(11-26)27-9-13-5-6-15(21(23)20(13)22(27)29)19-12(2)4-7-17-16(19)8-24-25-17/h3-8,14H,1,9-11H2,2H3,(H,24,25). The first kappa shape index (κ1) is 17.9. The summed E-state index contributed by atoms with van der Waals surface area (Å²) in [6.45, 7) is 7.12. The fraction of sp³-hybridized carbons (Fsp3) is 0.227. The number of hydrogen-bond acceptors (Lipinski definition) is 3. The Balaban J connectivity index is 1.51. The molecule has 0 unspecified atom stereocenters. The van der Waals surface area contributed by atoms with Crippen LogP contribution in [0.1, 0.15) is 21.5 Å². The normalized spacial score (nSPS) is 16.3. The van der Waals surface area contributed by atoms with Crippen LogP contribution in [0.3, 0.4) is 0 Å². The van der Waals surface area contributed by atoms with Crippen molar-refractivity contribution in [2.45, 2.75) is 19.5 Å². The Kier molecular flexibility index (Phi) is 3.99. The number of carbonyl (C=O) groups is 2. The van der Waals surface area contributed by atoms with Gasteiger partial charge in [-0.15, -0.1) is 0 Å². The van der Waals surface area contributed by atoms with Crippen molar-refractivity contribution in [2.24, 2.45) is 0 Å². The first-order chi connectivity index (χ1) is 14.0. The van der Waals surface area contributed by atoms with Crippen LogP contribution in [0.5, 0.6) is 0 Å². The van der Waals surface area contributed by atoms with E-state index in [1.807, 2.05) is 36.1 Å². The van der Waals surface area contributed by atoms with Gasteiger partial charge in [0.25, 0.3) is 5.91 Å².